The van der Waals surface area contributed by atoms with Gasteiger partial charge in [0, 0.05) is 19.2 Å². The summed E-state index contributed by atoms with van der Waals surface area (Å²) in [6.45, 7) is 3.19. The highest BCUT2D eigenvalue weighted by Crippen LogP contribution is 2.27. The average Bonchev–Trinajstić information content (AvgIpc) is 2.93. The first-order chi connectivity index (χ1) is 9.05. The van der Waals surface area contributed by atoms with Gasteiger partial charge < -0.3 is 14.7 Å². The van der Waals surface area contributed by atoms with Crippen molar-refractivity contribution in [2.75, 3.05) is 19.7 Å². The van der Waals surface area contributed by atoms with Gasteiger partial charge in [0.25, 0.3) is 5.91 Å². The van der Waals surface area contributed by atoms with E-state index >= 15 is 0 Å². The van der Waals surface area contributed by atoms with Gasteiger partial charge in [-0.05, 0) is 31.4 Å². The van der Waals surface area contributed by atoms with Gasteiger partial charge in [-0.1, -0.05) is 6.92 Å². The SMILES string of the molecule is CCC1(O)C=CC(=O)C=C1OCC(=O)N1CCCC1. The summed E-state index contributed by atoms with van der Waals surface area (Å²) in [5, 5.41) is 10.3. The quantitative estimate of drug-likeness (QED) is 0.816. The first kappa shape index (κ1) is 13.8. The molecule has 0 radical (unpaired) electrons. The molecule has 1 heterocycles. The second-order valence-corrected chi connectivity index (χ2v) is 4.90. The molecule has 0 bridgehead atoms. The fourth-order valence-corrected chi connectivity index (χ4v) is 2.26. The Morgan fingerprint density at radius 3 is 2.79 bits per heavy atom. The Bertz CT molecular complexity index is 435. The number of allylic oxidation sites excluding steroid dienone is 2. The maximum Gasteiger partial charge on any atom is 0.260 e. The van der Waals surface area contributed by atoms with Gasteiger partial charge in [0.1, 0.15) is 11.4 Å². The number of ether oxygens (including phenoxy) is 1. The minimum absolute atomic E-state index is 0.0983. The van der Waals surface area contributed by atoms with Crippen LogP contribution in [0, 0.1) is 0 Å². The zero-order valence-corrected chi connectivity index (χ0v) is 11.1. The van der Waals surface area contributed by atoms with Crippen LogP contribution in [0.2, 0.25) is 0 Å². The molecule has 5 heteroatoms. The van der Waals surface area contributed by atoms with E-state index in [2.05, 4.69) is 0 Å². The third-order valence-corrected chi connectivity index (χ3v) is 3.57. The Hall–Kier alpha value is -1.62. The number of hydrogen-bond donors (Lipinski definition) is 1. The van der Waals surface area contributed by atoms with E-state index in [1.807, 2.05) is 0 Å². The highest BCUT2D eigenvalue weighted by Gasteiger charge is 2.32. The average molecular weight is 265 g/mol. The standard InChI is InChI=1S/C14H19NO4/c1-2-14(18)6-5-11(16)9-12(14)19-10-13(17)15-7-3-4-8-15/h5-6,9,18H,2-4,7-8,10H2,1H3. The molecule has 19 heavy (non-hydrogen) atoms. The van der Waals surface area contributed by atoms with Crippen molar-refractivity contribution in [2.45, 2.75) is 31.8 Å². The lowest BCUT2D eigenvalue weighted by Crippen LogP contribution is -2.36. The summed E-state index contributed by atoms with van der Waals surface area (Å²) in [6, 6.07) is 0. The van der Waals surface area contributed by atoms with E-state index in [1.165, 1.54) is 18.2 Å². The van der Waals surface area contributed by atoms with Gasteiger partial charge in [-0.15, -0.1) is 0 Å². The van der Waals surface area contributed by atoms with E-state index < -0.39 is 5.60 Å². The zero-order valence-electron chi connectivity index (χ0n) is 11.1. The monoisotopic (exact) mass is 265 g/mol. The number of likely N-dealkylation sites (tertiary alicyclic amines) is 1. The Morgan fingerprint density at radius 1 is 1.47 bits per heavy atom. The first-order valence-electron chi connectivity index (χ1n) is 6.63. The molecule has 0 spiro atoms. The lowest BCUT2D eigenvalue weighted by molar-refractivity contribution is -0.134. The number of amides is 1. The molecular formula is C14H19NO4. The van der Waals surface area contributed by atoms with Crippen molar-refractivity contribution in [2.24, 2.45) is 0 Å². The van der Waals surface area contributed by atoms with Crippen LogP contribution in [0.5, 0.6) is 0 Å². The second kappa shape index (κ2) is 5.57. The third-order valence-electron chi connectivity index (χ3n) is 3.57. The summed E-state index contributed by atoms with van der Waals surface area (Å²) in [5.74, 6) is -0.171. The van der Waals surface area contributed by atoms with E-state index in [1.54, 1.807) is 11.8 Å². The molecule has 1 amide bonds. The molecule has 1 atom stereocenters. The lowest BCUT2D eigenvalue weighted by Gasteiger charge is -2.28. The number of ketones is 1. The van der Waals surface area contributed by atoms with Gasteiger partial charge in [-0.2, -0.15) is 0 Å². The number of aliphatic hydroxyl groups is 1. The summed E-state index contributed by atoms with van der Waals surface area (Å²) < 4.78 is 5.38. The molecule has 1 saturated heterocycles. The zero-order chi connectivity index (χ0) is 13.9. The summed E-state index contributed by atoms with van der Waals surface area (Å²) in [7, 11) is 0. The molecule has 5 nitrogen and oxygen atoms in total. The van der Waals surface area contributed by atoms with Crippen molar-refractivity contribution >= 4 is 11.7 Å². The molecule has 104 valence electrons. The Labute approximate surface area is 112 Å². The van der Waals surface area contributed by atoms with E-state index in [4.69, 9.17) is 4.74 Å². The molecule has 1 aliphatic carbocycles. The fraction of sp³-hybridized carbons (Fsp3) is 0.571. The molecular weight excluding hydrogens is 246 g/mol. The summed E-state index contributed by atoms with van der Waals surface area (Å²) in [5.41, 5.74) is -1.28. The number of carbonyl (C=O) groups excluding carboxylic acids is 2. The number of carbonyl (C=O) groups is 2. The van der Waals surface area contributed by atoms with Crippen LogP contribution in [0.3, 0.4) is 0 Å². The fourth-order valence-electron chi connectivity index (χ4n) is 2.26. The summed E-state index contributed by atoms with van der Waals surface area (Å²) in [4.78, 5) is 24.9. The molecule has 0 aromatic heterocycles. The van der Waals surface area contributed by atoms with Crippen molar-refractivity contribution in [3.63, 3.8) is 0 Å². The lowest BCUT2D eigenvalue weighted by atomic mass is 9.92. The van der Waals surface area contributed by atoms with Crippen LogP contribution in [0.4, 0.5) is 0 Å². The van der Waals surface area contributed by atoms with Gasteiger partial charge in [0.15, 0.2) is 12.4 Å². The van der Waals surface area contributed by atoms with Crippen molar-refractivity contribution < 1.29 is 19.4 Å². The molecule has 1 aliphatic heterocycles. The minimum Gasteiger partial charge on any atom is -0.485 e. The van der Waals surface area contributed by atoms with Crippen molar-refractivity contribution in [3.8, 4) is 0 Å². The predicted molar refractivity (Wildman–Crippen MR) is 69.2 cm³/mol. The van der Waals surface area contributed by atoms with Crippen molar-refractivity contribution in [1.29, 1.82) is 0 Å². The predicted octanol–water partition coefficient (Wildman–Crippen LogP) is 0.789. The van der Waals surface area contributed by atoms with Crippen LogP contribution in [0.1, 0.15) is 26.2 Å². The van der Waals surface area contributed by atoms with Gasteiger partial charge >= 0.3 is 0 Å². The largest absolute Gasteiger partial charge is 0.485 e. The molecule has 0 aromatic carbocycles. The molecule has 2 rings (SSSR count). The Morgan fingerprint density at radius 2 is 2.16 bits per heavy atom. The second-order valence-electron chi connectivity index (χ2n) is 4.90. The maximum atomic E-state index is 11.9. The van der Waals surface area contributed by atoms with E-state index in [-0.39, 0.29) is 24.1 Å². The van der Waals surface area contributed by atoms with Gasteiger partial charge in [0.05, 0.1) is 0 Å². The minimum atomic E-state index is -1.28. The number of nitrogens with zero attached hydrogens (tertiary/aromatic N) is 1. The van der Waals surface area contributed by atoms with Crippen LogP contribution < -0.4 is 0 Å². The third kappa shape index (κ3) is 3.04. The molecule has 1 unspecified atom stereocenters. The topological polar surface area (TPSA) is 66.8 Å². The molecule has 1 N–H and O–H groups in total. The van der Waals surface area contributed by atoms with Crippen molar-refractivity contribution in [1.82, 2.24) is 4.90 Å². The van der Waals surface area contributed by atoms with Crippen LogP contribution in [0.25, 0.3) is 0 Å². The smallest absolute Gasteiger partial charge is 0.260 e. The van der Waals surface area contributed by atoms with Crippen molar-refractivity contribution in [3.05, 3.63) is 24.0 Å². The van der Waals surface area contributed by atoms with E-state index in [9.17, 15) is 14.7 Å². The normalized spacial score (nSPS) is 26.5. The van der Waals surface area contributed by atoms with Gasteiger partial charge in [-0.3, -0.25) is 9.59 Å². The summed E-state index contributed by atoms with van der Waals surface area (Å²) >= 11 is 0. The first-order valence-corrected chi connectivity index (χ1v) is 6.63. The number of hydrogen-bond acceptors (Lipinski definition) is 4. The highest BCUT2D eigenvalue weighted by atomic mass is 16.5. The molecule has 2 aliphatic rings. The highest BCUT2D eigenvalue weighted by molar-refractivity contribution is 6.01. The maximum absolute atomic E-state index is 11.9. The molecule has 0 saturated carbocycles. The van der Waals surface area contributed by atoms with E-state index in [0.29, 0.717) is 6.42 Å². The van der Waals surface area contributed by atoms with Crippen LogP contribution in [-0.2, 0) is 14.3 Å². The van der Waals surface area contributed by atoms with Gasteiger partial charge in [0.2, 0.25) is 0 Å². The summed E-state index contributed by atoms with van der Waals surface area (Å²) in [6.07, 6.45) is 6.42. The Balaban J connectivity index is 1.97. The van der Waals surface area contributed by atoms with Crippen LogP contribution in [-0.4, -0.2) is 47.0 Å². The number of rotatable bonds is 4. The van der Waals surface area contributed by atoms with Crippen LogP contribution in [0.15, 0.2) is 24.0 Å². The van der Waals surface area contributed by atoms with E-state index in [0.717, 1.165) is 25.9 Å². The van der Waals surface area contributed by atoms with Gasteiger partial charge in [-0.25, -0.2) is 0 Å². The Kier molecular flexibility index (Phi) is 4.04. The molecule has 0 aromatic rings. The molecule has 1 fully saturated rings. The van der Waals surface area contributed by atoms with Crippen LogP contribution >= 0.6 is 0 Å².